The van der Waals surface area contributed by atoms with Crippen LogP contribution < -0.4 is 14.9 Å². The van der Waals surface area contributed by atoms with Crippen molar-refractivity contribution in [3.05, 3.63) is 88.5 Å². The van der Waals surface area contributed by atoms with Crippen LogP contribution in [0.25, 0.3) is 20.4 Å². The molecule has 144 valence electrons. The Hall–Kier alpha value is -2.53. The van der Waals surface area contributed by atoms with Crippen molar-refractivity contribution in [2.75, 3.05) is 0 Å². The first kappa shape index (κ1) is 18.5. The predicted octanol–water partition coefficient (Wildman–Crippen LogP) is 4.93. The van der Waals surface area contributed by atoms with E-state index < -0.39 is 8.22 Å². The number of rotatable bonds is 3. The van der Waals surface area contributed by atoms with Gasteiger partial charge >= 0.3 is 0 Å². The Morgan fingerprint density at radius 1 is 0.621 bits per heavy atom. The van der Waals surface area contributed by atoms with Gasteiger partial charge in [0.2, 0.25) is 0 Å². The van der Waals surface area contributed by atoms with Crippen LogP contribution in [0.5, 0.6) is 0 Å². The molecule has 7 heteroatoms. The van der Waals surface area contributed by atoms with Gasteiger partial charge in [-0.1, -0.05) is 77.3 Å². The number of para-hydroxylation sites is 2. The zero-order valence-corrected chi connectivity index (χ0v) is 18.6. The SMILES string of the molecule is Cn1c(=NP(/N=c2\sc3ccccc3n2C)c2ccccc2)sc2ccccc21. The molecule has 1 atom stereocenters. The minimum absolute atomic E-state index is 0.994. The molecular formula is C22H19N4PS2. The van der Waals surface area contributed by atoms with Crippen molar-refractivity contribution in [1.82, 2.24) is 9.13 Å². The van der Waals surface area contributed by atoms with Crippen molar-refractivity contribution in [2.24, 2.45) is 23.6 Å². The van der Waals surface area contributed by atoms with Crippen molar-refractivity contribution in [3.63, 3.8) is 0 Å². The number of fused-ring (bicyclic) bond motifs is 2. The van der Waals surface area contributed by atoms with Gasteiger partial charge in [-0.15, -0.1) is 0 Å². The topological polar surface area (TPSA) is 34.6 Å². The molecule has 0 saturated carbocycles. The molecule has 1 unspecified atom stereocenters. The molecule has 0 N–H and O–H groups in total. The second kappa shape index (κ2) is 7.71. The van der Waals surface area contributed by atoms with E-state index in [1.54, 1.807) is 22.7 Å². The maximum Gasteiger partial charge on any atom is 0.191 e. The summed E-state index contributed by atoms with van der Waals surface area (Å²) in [4.78, 5) is 1.99. The zero-order chi connectivity index (χ0) is 19.8. The maximum absolute atomic E-state index is 5.15. The number of nitrogens with zero attached hydrogens (tertiary/aromatic N) is 4. The monoisotopic (exact) mass is 434 g/mol. The van der Waals surface area contributed by atoms with E-state index in [-0.39, 0.29) is 0 Å². The Labute approximate surface area is 177 Å². The lowest BCUT2D eigenvalue weighted by Gasteiger charge is -2.06. The molecule has 2 aromatic heterocycles. The lowest BCUT2D eigenvalue weighted by Crippen LogP contribution is -2.13. The van der Waals surface area contributed by atoms with Crippen LogP contribution >= 0.6 is 30.9 Å². The molecule has 0 aliphatic rings. The Kier molecular flexibility index (Phi) is 4.92. The van der Waals surface area contributed by atoms with Crippen LogP contribution in [-0.4, -0.2) is 9.13 Å². The average molecular weight is 435 g/mol. The van der Waals surface area contributed by atoms with Crippen molar-refractivity contribution >= 4 is 56.6 Å². The van der Waals surface area contributed by atoms with Gasteiger partial charge < -0.3 is 9.13 Å². The molecule has 29 heavy (non-hydrogen) atoms. The van der Waals surface area contributed by atoms with E-state index in [0.717, 1.165) is 14.9 Å². The highest BCUT2D eigenvalue weighted by molar-refractivity contribution is 7.62. The molecule has 0 fully saturated rings. The van der Waals surface area contributed by atoms with E-state index in [9.17, 15) is 0 Å². The first-order chi connectivity index (χ1) is 14.2. The standard InChI is InChI=1S/C22H19N4PS2/c1-25-17-12-6-8-14-19(17)28-21(25)23-27(16-10-4-3-5-11-16)24-22-26(2)18-13-7-9-15-20(18)29-22/h3-15H,1-2H3/b23-21-,24-22?. The summed E-state index contributed by atoms with van der Waals surface area (Å²) in [6.45, 7) is 0. The Morgan fingerprint density at radius 3 is 1.55 bits per heavy atom. The molecule has 5 aromatic rings. The minimum atomic E-state index is -1.09. The highest BCUT2D eigenvalue weighted by Gasteiger charge is 2.12. The molecule has 5 rings (SSSR count). The van der Waals surface area contributed by atoms with Crippen LogP contribution in [0.3, 0.4) is 0 Å². The van der Waals surface area contributed by atoms with Crippen molar-refractivity contribution in [1.29, 1.82) is 0 Å². The van der Waals surface area contributed by atoms with Crippen LogP contribution in [0.15, 0.2) is 88.4 Å². The maximum atomic E-state index is 5.15. The average Bonchev–Trinajstić information content (AvgIpc) is 3.25. The van der Waals surface area contributed by atoms with Crippen molar-refractivity contribution in [3.8, 4) is 0 Å². The second-order valence-electron chi connectivity index (χ2n) is 6.65. The van der Waals surface area contributed by atoms with E-state index in [4.69, 9.17) is 9.53 Å². The van der Waals surface area contributed by atoms with Crippen molar-refractivity contribution in [2.45, 2.75) is 0 Å². The largest absolute Gasteiger partial charge is 0.320 e. The molecule has 3 aromatic carbocycles. The van der Waals surface area contributed by atoms with Gasteiger partial charge in [0.15, 0.2) is 17.8 Å². The summed E-state index contributed by atoms with van der Waals surface area (Å²) in [5.74, 6) is 0. The van der Waals surface area contributed by atoms with Gasteiger partial charge in [0.1, 0.15) is 0 Å². The van der Waals surface area contributed by atoms with Gasteiger partial charge in [0.25, 0.3) is 0 Å². The van der Waals surface area contributed by atoms with Gasteiger partial charge in [0.05, 0.1) is 20.4 Å². The van der Waals surface area contributed by atoms with Crippen LogP contribution in [-0.2, 0) is 14.1 Å². The quantitative estimate of drug-likeness (QED) is 0.361. The lowest BCUT2D eigenvalue weighted by molar-refractivity contribution is 0.914. The van der Waals surface area contributed by atoms with Gasteiger partial charge in [-0.25, -0.2) is 9.53 Å². The summed E-state index contributed by atoms with van der Waals surface area (Å²) in [5.41, 5.74) is 2.40. The predicted molar refractivity (Wildman–Crippen MR) is 126 cm³/mol. The highest BCUT2D eigenvalue weighted by Crippen LogP contribution is 2.37. The van der Waals surface area contributed by atoms with Gasteiger partial charge in [-0.3, -0.25) is 0 Å². The van der Waals surface area contributed by atoms with Gasteiger partial charge in [-0.2, -0.15) is 0 Å². The molecule has 4 nitrogen and oxygen atoms in total. The molecule has 2 heterocycles. The third-order valence-electron chi connectivity index (χ3n) is 4.78. The third-order valence-corrected chi connectivity index (χ3v) is 8.79. The molecule has 0 amide bonds. The van der Waals surface area contributed by atoms with Crippen LogP contribution in [0.1, 0.15) is 0 Å². The first-order valence-electron chi connectivity index (χ1n) is 9.24. The fraction of sp³-hybridized carbons (Fsp3) is 0.0909. The van der Waals surface area contributed by atoms with E-state index >= 15 is 0 Å². The molecule has 0 radical (unpaired) electrons. The van der Waals surface area contributed by atoms with E-state index in [2.05, 4.69) is 96.0 Å². The molecule has 0 bridgehead atoms. The van der Waals surface area contributed by atoms with E-state index in [0.29, 0.717) is 0 Å². The normalized spacial score (nSPS) is 14.1. The van der Waals surface area contributed by atoms with Crippen LogP contribution in [0.4, 0.5) is 0 Å². The third kappa shape index (κ3) is 3.48. The zero-order valence-electron chi connectivity index (χ0n) is 16.1. The fourth-order valence-corrected chi connectivity index (χ4v) is 7.09. The fourth-order valence-electron chi connectivity index (χ4n) is 3.22. The second-order valence-corrected chi connectivity index (χ2v) is 10.2. The summed E-state index contributed by atoms with van der Waals surface area (Å²) in [6.07, 6.45) is 0. The highest BCUT2D eigenvalue weighted by atomic mass is 32.1. The van der Waals surface area contributed by atoms with E-state index in [1.807, 2.05) is 6.07 Å². The number of aromatic nitrogens is 2. The van der Waals surface area contributed by atoms with Gasteiger partial charge in [-0.05, 0) is 24.3 Å². The number of benzene rings is 3. The summed E-state index contributed by atoms with van der Waals surface area (Å²) >= 11 is 3.43. The van der Waals surface area contributed by atoms with Crippen LogP contribution in [0.2, 0.25) is 0 Å². The number of aryl methyl sites for hydroxylation is 2. The Bertz CT molecular complexity index is 1350. The number of thiazole rings is 2. The smallest absolute Gasteiger partial charge is 0.191 e. The van der Waals surface area contributed by atoms with Crippen LogP contribution in [0, 0.1) is 0 Å². The van der Waals surface area contributed by atoms with Gasteiger partial charge in [0, 0.05) is 19.4 Å². The minimum Gasteiger partial charge on any atom is -0.320 e. The van der Waals surface area contributed by atoms with E-state index in [1.165, 1.54) is 20.4 Å². The number of hydrogen-bond donors (Lipinski definition) is 0. The summed E-state index contributed by atoms with van der Waals surface area (Å²) in [5, 5.41) is 1.15. The molecule has 0 aliphatic heterocycles. The Morgan fingerprint density at radius 2 is 1.07 bits per heavy atom. The summed E-state index contributed by atoms with van der Waals surface area (Å²) in [7, 11) is 3.07. The summed E-state index contributed by atoms with van der Waals surface area (Å²) < 4.78 is 17.1. The number of hydrogen-bond acceptors (Lipinski definition) is 4. The Balaban J connectivity index is 1.74. The molecular weight excluding hydrogens is 415 g/mol. The molecule has 0 saturated heterocycles. The summed E-state index contributed by atoms with van der Waals surface area (Å²) in [6, 6.07) is 27.3. The first-order valence-corrected chi connectivity index (χ1v) is 12.1. The van der Waals surface area contributed by atoms with Crippen molar-refractivity contribution < 1.29 is 0 Å². The lowest BCUT2D eigenvalue weighted by atomic mass is 10.3. The molecule has 0 aliphatic carbocycles. The molecule has 0 spiro atoms.